The SMILES string of the molecule is CCC(=O)OCC(=N)C(=O)c1ccccc1. The summed E-state index contributed by atoms with van der Waals surface area (Å²) >= 11 is 0. The van der Waals surface area contributed by atoms with Crippen LogP contribution in [0.3, 0.4) is 0 Å². The van der Waals surface area contributed by atoms with E-state index in [1.165, 1.54) is 0 Å². The molecule has 0 amide bonds. The van der Waals surface area contributed by atoms with Crippen molar-refractivity contribution in [3.8, 4) is 0 Å². The molecule has 1 rings (SSSR count). The lowest BCUT2D eigenvalue weighted by Crippen LogP contribution is -2.21. The molecule has 84 valence electrons. The number of hydrogen-bond acceptors (Lipinski definition) is 4. The number of carbonyl (C=O) groups excluding carboxylic acids is 2. The third-order valence-electron chi connectivity index (χ3n) is 1.98. The van der Waals surface area contributed by atoms with Crippen molar-refractivity contribution in [1.29, 1.82) is 5.41 Å². The third kappa shape index (κ3) is 3.31. The minimum atomic E-state index is -0.412. The van der Waals surface area contributed by atoms with Gasteiger partial charge in [-0.25, -0.2) is 0 Å². The minimum absolute atomic E-state index is 0.215. The van der Waals surface area contributed by atoms with E-state index in [4.69, 9.17) is 10.1 Å². The Kier molecular flexibility index (Phi) is 4.39. The van der Waals surface area contributed by atoms with Crippen LogP contribution >= 0.6 is 0 Å². The van der Waals surface area contributed by atoms with Gasteiger partial charge in [-0.2, -0.15) is 0 Å². The van der Waals surface area contributed by atoms with E-state index in [2.05, 4.69) is 0 Å². The fraction of sp³-hybridized carbons (Fsp3) is 0.250. The molecule has 0 saturated carbocycles. The Bertz CT molecular complexity index is 398. The quantitative estimate of drug-likeness (QED) is 0.466. The van der Waals surface area contributed by atoms with Crippen LogP contribution in [0.15, 0.2) is 30.3 Å². The van der Waals surface area contributed by atoms with Crippen LogP contribution in [-0.2, 0) is 9.53 Å². The topological polar surface area (TPSA) is 67.2 Å². The second-order valence-corrected chi connectivity index (χ2v) is 3.19. The summed E-state index contributed by atoms with van der Waals surface area (Å²) in [7, 11) is 0. The number of ketones is 1. The molecule has 4 heteroatoms. The average Bonchev–Trinajstić information content (AvgIpc) is 2.35. The molecular weight excluding hydrogens is 206 g/mol. The van der Waals surface area contributed by atoms with E-state index >= 15 is 0 Å². The first-order valence-electron chi connectivity index (χ1n) is 4.98. The highest BCUT2D eigenvalue weighted by molar-refractivity contribution is 6.45. The summed E-state index contributed by atoms with van der Waals surface area (Å²) in [5.41, 5.74) is 0.216. The molecule has 1 N–H and O–H groups in total. The van der Waals surface area contributed by atoms with Gasteiger partial charge in [0, 0.05) is 12.0 Å². The lowest BCUT2D eigenvalue weighted by molar-refractivity contribution is -0.141. The van der Waals surface area contributed by atoms with Gasteiger partial charge in [-0.1, -0.05) is 37.3 Å². The second-order valence-electron chi connectivity index (χ2n) is 3.19. The lowest BCUT2D eigenvalue weighted by Gasteiger charge is -2.04. The summed E-state index contributed by atoms with van der Waals surface area (Å²) < 4.78 is 4.71. The molecule has 0 saturated heterocycles. The summed E-state index contributed by atoms with van der Waals surface area (Å²) in [6.07, 6.45) is 0.243. The van der Waals surface area contributed by atoms with Gasteiger partial charge in [0.1, 0.15) is 12.3 Å². The van der Waals surface area contributed by atoms with Gasteiger partial charge in [0.05, 0.1) is 0 Å². The zero-order valence-corrected chi connectivity index (χ0v) is 9.03. The van der Waals surface area contributed by atoms with Gasteiger partial charge >= 0.3 is 5.97 Å². The molecule has 0 aliphatic heterocycles. The number of ether oxygens (including phenoxy) is 1. The molecule has 0 aliphatic rings. The van der Waals surface area contributed by atoms with Crippen molar-refractivity contribution in [3.63, 3.8) is 0 Å². The molecule has 0 atom stereocenters. The van der Waals surface area contributed by atoms with Gasteiger partial charge in [0.2, 0.25) is 5.78 Å². The van der Waals surface area contributed by atoms with Crippen LogP contribution in [0.25, 0.3) is 0 Å². The smallest absolute Gasteiger partial charge is 0.305 e. The molecule has 0 aliphatic carbocycles. The van der Waals surface area contributed by atoms with Crippen LogP contribution in [0.4, 0.5) is 0 Å². The standard InChI is InChI=1S/C12H13NO3/c1-2-11(14)16-8-10(13)12(15)9-6-4-3-5-7-9/h3-7,13H,2,8H2,1H3. The normalized spacial score (nSPS) is 9.56. The lowest BCUT2D eigenvalue weighted by atomic mass is 10.1. The average molecular weight is 219 g/mol. The van der Waals surface area contributed by atoms with Gasteiger partial charge in [0.25, 0.3) is 0 Å². The van der Waals surface area contributed by atoms with Crippen LogP contribution < -0.4 is 0 Å². The maximum atomic E-state index is 11.6. The molecule has 0 bridgehead atoms. The minimum Gasteiger partial charge on any atom is -0.459 e. The molecule has 16 heavy (non-hydrogen) atoms. The van der Waals surface area contributed by atoms with Gasteiger partial charge in [-0.3, -0.25) is 15.0 Å². The van der Waals surface area contributed by atoms with Gasteiger partial charge in [-0.05, 0) is 0 Å². The Balaban J connectivity index is 2.56. The Morgan fingerprint density at radius 1 is 1.25 bits per heavy atom. The van der Waals surface area contributed by atoms with E-state index in [1.807, 2.05) is 0 Å². The fourth-order valence-corrected chi connectivity index (χ4v) is 1.08. The molecule has 0 spiro atoms. The highest BCUT2D eigenvalue weighted by Crippen LogP contribution is 2.01. The molecule has 1 aromatic rings. The first-order chi connectivity index (χ1) is 7.65. The number of carbonyl (C=O) groups is 2. The van der Waals surface area contributed by atoms with E-state index in [-0.39, 0.29) is 18.7 Å². The van der Waals surface area contributed by atoms with Crippen molar-refractivity contribution >= 4 is 17.5 Å². The number of nitrogens with one attached hydrogen (secondary N) is 1. The fourth-order valence-electron chi connectivity index (χ4n) is 1.08. The third-order valence-corrected chi connectivity index (χ3v) is 1.98. The van der Waals surface area contributed by atoms with Crippen molar-refractivity contribution in [3.05, 3.63) is 35.9 Å². The molecule has 4 nitrogen and oxygen atoms in total. The number of benzene rings is 1. The van der Waals surface area contributed by atoms with Crippen molar-refractivity contribution in [2.24, 2.45) is 0 Å². The highest BCUT2D eigenvalue weighted by atomic mass is 16.5. The molecule has 0 fully saturated rings. The maximum absolute atomic E-state index is 11.6. The summed E-state index contributed by atoms with van der Waals surface area (Å²) in [6, 6.07) is 8.48. The molecule has 1 aromatic carbocycles. The Morgan fingerprint density at radius 3 is 2.44 bits per heavy atom. The monoisotopic (exact) mass is 219 g/mol. The highest BCUT2D eigenvalue weighted by Gasteiger charge is 2.13. The van der Waals surface area contributed by atoms with E-state index in [1.54, 1.807) is 37.3 Å². The number of hydrogen-bond donors (Lipinski definition) is 1. The first-order valence-corrected chi connectivity index (χ1v) is 4.98. The van der Waals surface area contributed by atoms with Gasteiger partial charge in [-0.15, -0.1) is 0 Å². The first kappa shape index (κ1) is 12.1. The Morgan fingerprint density at radius 2 is 1.88 bits per heavy atom. The summed E-state index contributed by atoms with van der Waals surface area (Å²) in [5.74, 6) is -0.824. The molecule has 0 aromatic heterocycles. The molecule has 0 radical (unpaired) electrons. The number of rotatable bonds is 5. The number of esters is 1. The zero-order valence-electron chi connectivity index (χ0n) is 9.03. The molecule has 0 heterocycles. The van der Waals surface area contributed by atoms with Crippen LogP contribution in [0, 0.1) is 5.41 Å². The van der Waals surface area contributed by atoms with Crippen LogP contribution in [0.5, 0.6) is 0 Å². The largest absolute Gasteiger partial charge is 0.459 e. The van der Waals surface area contributed by atoms with Crippen molar-refractivity contribution in [2.75, 3.05) is 6.61 Å². The predicted molar refractivity (Wildman–Crippen MR) is 59.7 cm³/mol. The Labute approximate surface area is 93.7 Å². The second kappa shape index (κ2) is 5.80. The number of Topliss-reactive ketones (excluding diaryl/α,β-unsaturated/α-hetero) is 1. The van der Waals surface area contributed by atoms with Crippen LogP contribution in [0.1, 0.15) is 23.7 Å². The van der Waals surface area contributed by atoms with Crippen LogP contribution in [0.2, 0.25) is 0 Å². The Hall–Kier alpha value is -1.97. The van der Waals surface area contributed by atoms with Gasteiger partial charge < -0.3 is 4.74 Å². The van der Waals surface area contributed by atoms with E-state index in [0.717, 1.165) is 0 Å². The maximum Gasteiger partial charge on any atom is 0.305 e. The zero-order chi connectivity index (χ0) is 12.0. The summed E-state index contributed by atoms with van der Waals surface area (Å²) in [5, 5.41) is 7.47. The van der Waals surface area contributed by atoms with E-state index < -0.39 is 11.8 Å². The van der Waals surface area contributed by atoms with Crippen molar-refractivity contribution in [2.45, 2.75) is 13.3 Å². The van der Waals surface area contributed by atoms with E-state index in [9.17, 15) is 9.59 Å². The van der Waals surface area contributed by atoms with E-state index in [0.29, 0.717) is 5.56 Å². The van der Waals surface area contributed by atoms with Gasteiger partial charge in [0.15, 0.2) is 0 Å². The van der Waals surface area contributed by atoms with Crippen molar-refractivity contribution < 1.29 is 14.3 Å². The van der Waals surface area contributed by atoms with Crippen LogP contribution in [-0.4, -0.2) is 24.1 Å². The predicted octanol–water partition coefficient (Wildman–Crippen LogP) is 1.84. The molecular formula is C12H13NO3. The summed E-state index contributed by atoms with van der Waals surface area (Å²) in [6.45, 7) is 1.39. The van der Waals surface area contributed by atoms with Crippen molar-refractivity contribution in [1.82, 2.24) is 0 Å². The summed E-state index contributed by atoms with van der Waals surface area (Å²) in [4.78, 5) is 22.5. The molecule has 0 unspecified atom stereocenters.